The zero-order chi connectivity index (χ0) is 22.1. The molecule has 7 nitrogen and oxygen atoms in total. The molecule has 4 rings (SSSR count). The molecule has 0 saturated carbocycles. The number of carbonyl (C=O) groups excluding carboxylic acids is 4. The first-order chi connectivity index (χ1) is 14.9. The Labute approximate surface area is 178 Å². The van der Waals surface area contributed by atoms with Crippen LogP contribution in [0.4, 0.5) is 11.4 Å². The van der Waals surface area contributed by atoms with Gasteiger partial charge in [0.15, 0.2) is 18.2 Å². The second-order valence-corrected chi connectivity index (χ2v) is 7.02. The summed E-state index contributed by atoms with van der Waals surface area (Å²) >= 11 is 0. The number of carbonyl (C=O) groups is 4. The molecule has 31 heavy (non-hydrogen) atoms. The largest absolute Gasteiger partial charge is 0.452 e. The molecule has 0 fully saturated rings. The van der Waals surface area contributed by atoms with Gasteiger partial charge >= 0.3 is 5.97 Å². The Bertz CT molecular complexity index is 1230. The van der Waals surface area contributed by atoms with Gasteiger partial charge in [0.05, 0.1) is 16.8 Å². The van der Waals surface area contributed by atoms with E-state index in [1.165, 1.54) is 17.0 Å². The van der Waals surface area contributed by atoms with E-state index in [1.807, 2.05) is 6.07 Å². The molecule has 154 valence electrons. The molecule has 1 amide bonds. The van der Waals surface area contributed by atoms with Crippen LogP contribution >= 0.6 is 0 Å². The molecule has 0 saturated heterocycles. The number of anilines is 2. The number of esters is 1. The minimum atomic E-state index is -0.853. The zero-order valence-electron chi connectivity index (χ0n) is 16.6. The van der Waals surface area contributed by atoms with Crippen molar-refractivity contribution < 1.29 is 23.9 Å². The number of para-hydroxylation sites is 1. The zero-order valence-corrected chi connectivity index (χ0v) is 16.6. The summed E-state index contributed by atoms with van der Waals surface area (Å²) in [5, 5.41) is 0. The number of nitrogens with zero attached hydrogens (tertiary/aromatic N) is 1. The normalized spacial score (nSPS) is 12.0. The molecule has 0 radical (unpaired) electrons. The topological polar surface area (TPSA) is 107 Å². The van der Waals surface area contributed by atoms with E-state index in [2.05, 4.69) is 0 Å². The third-order valence-electron chi connectivity index (χ3n) is 5.20. The smallest absolute Gasteiger partial charge is 0.340 e. The Morgan fingerprint density at radius 3 is 2.13 bits per heavy atom. The van der Waals surface area contributed by atoms with Crippen molar-refractivity contribution in [2.24, 2.45) is 0 Å². The van der Waals surface area contributed by atoms with Crippen LogP contribution in [0, 0.1) is 0 Å². The van der Waals surface area contributed by atoms with Gasteiger partial charge in [0.1, 0.15) is 0 Å². The number of rotatable bonds is 4. The van der Waals surface area contributed by atoms with Crippen molar-refractivity contribution in [2.75, 3.05) is 24.3 Å². The van der Waals surface area contributed by atoms with E-state index in [9.17, 15) is 19.2 Å². The molecule has 0 spiro atoms. The molecule has 2 N–H and O–H groups in total. The third kappa shape index (κ3) is 3.46. The van der Waals surface area contributed by atoms with Gasteiger partial charge in [-0.2, -0.15) is 0 Å². The second kappa shape index (κ2) is 7.87. The van der Waals surface area contributed by atoms with Crippen molar-refractivity contribution in [1.29, 1.82) is 0 Å². The van der Waals surface area contributed by atoms with E-state index in [0.717, 1.165) is 0 Å². The highest BCUT2D eigenvalue weighted by Crippen LogP contribution is 2.32. The number of ketones is 2. The fourth-order valence-electron chi connectivity index (χ4n) is 3.49. The maximum atomic E-state index is 12.9. The summed E-state index contributed by atoms with van der Waals surface area (Å²) in [4.78, 5) is 51.9. The number of fused-ring (bicyclic) bond motifs is 2. The highest BCUT2D eigenvalue weighted by molar-refractivity contribution is 6.30. The highest BCUT2D eigenvalue weighted by Gasteiger charge is 2.33. The van der Waals surface area contributed by atoms with E-state index < -0.39 is 24.3 Å². The van der Waals surface area contributed by atoms with Crippen LogP contribution in [0.15, 0.2) is 66.7 Å². The molecule has 1 aliphatic carbocycles. The fourth-order valence-corrected chi connectivity index (χ4v) is 3.49. The SMILES string of the molecule is CN(C(=O)COC(=O)c1ccc2c(c1N)C(=O)c1ccccc1C2=O)c1ccccc1. The molecule has 0 atom stereocenters. The Morgan fingerprint density at radius 1 is 0.839 bits per heavy atom. The lowest BCUT2D eigenvalue weighted by molar-refractivity contribution is -0.121. The molecule has 0 aromatic heterocycles. The first kappa shape index (κ1) is 20.0. The van der Waals surface area contributed by atoms with Gasteiger partial charge in [0.25, 0.3) is 5.91 Å². The van der Waals surface area contributed by atoms with Gasteiger partial charge in [-0.25, -0.2) is 4.79 Å². The number of hydrogen-bond acceptors (Lipinski definition) is 6. The standard InChI is InChI=1S/C24H18N2O5/c1-26(14-7-3-2-4-8-14)19(27)13-31-24(30)18-12-11-17-20(21(18)25)23(29)16-10-6-5-9-15(16)22(17)28/h2-12H,13,25H2,1H3. The number of hydrogen-bond donors (Lipinski definition) is 1. The number of amides is 1. The molecule has 1 aliphatic rings. The summed E-state index contributed by atoms with van der Waals surface area (Å²) in [6, 6.07) is 18.1. The maximum Gasteiger partial charge on any atom is 0.340 e. The average molecular weight is 414 g/mol. The fraction of sp³-hybridized carbons (Fsp3) is 0.0833. The summed E-state index contributed by atoms with van der Waals surface area (Å²) in [5.41, 5.74) is 7.18. The van der Waals surface area contributed by atoms with Crippen LogP contribution in [0.3, 0.4) is 0 Å². The first-order valence-electron chi connectivity index (χ1n) is 9.49. The molecule has 3 aromatic carbocycles. The van der Waals surface area contributed by atoms with Gasteiger partial charge in [-0.3, -0.25) is 14.4 Å². The van der Waals surface area contributed by atoms with Crippen LogP contribution in [0.1, 0.15) is 42.2 Å². The monoisotopic (exact) mass is 414 g/mol. The van der Waals surface area contributed by atoms with Crippen LogP contribution in [0.25, 0.3) is 0 Å². The van der Waals surface area contributed by atoms with Crippen molar-refractivity contribution in [3.05, 3.63) is 94.5 Å². The third-order valence-corrected chi connectivity index (χ3v) is 5.20. The van der Waals surface area contributed by atoms with Crippen molar-refractivity contribution in [3.8, 4) is 0 Å². The van der Waals surface area contributed by atoms with Gasteiger partial charge in [-0.1, -0.05) is 42.5 Å². The first-order valence-corrected chi connectivity index (χ1v) is 9.49. The molecule has 0 aliphatic heterocycles. The minimum absolute atomic E-state index is 0.0223. The molecule has 3 aromatic rings. The summed E-state index contributed by atoms with van der Waals surface area (Å²) in [6.07, 6.45) is 0. The van der Waals surface area contributed by atoms with E-state index >= 15 is 0 Å². The van der Waals surface area contributed by atoms with Gasteiger partial charge in [-0.05, 0) is 24.3 Å². The van der Waals surface area contributed by atoms with E-state index in [-0.39, 0.29) is 33.7 Å². The van der Waals surface area contributed by atoms with Crippen LogP contribution in [0.5, 0.6) is 0 Å². The Kier molecular flexibility index (Phi) is 5.09. The Morgan fingerprint density at radius 2 is 1.45 bits per heavy atom. The summed E-state index contributed by atoms with van der Waals surface area (Å²) in [5.74, 6) is -2.06. The predicted molar refractivity (Wildman–Crippen MR) is 114 cm³/mol. The van der Waals surface area contributed by atoms with Crippen LogP contribution in [-0.2, 0) is 9.53 Å². The molecular weight excluding hydrogens is 396 g/mol. The number of nitrogen functional groups attached to an aromatic ring is 1. The number of benzene rings is 3. The van der Waals surface area contributed by atoms with E-state index in [1.54, 1.807) is 55.6 Å². The summed E-state index contributed by atoms with van der Waals surface area (Å²) in [6.45, 7) is -0.504. The van der Waals surface area contributed by atoms with Gasteiger partial charge in [0.2, 0.25) is 0 Å². The molecule has 7 heteroatoms. The van der Waals surface area contributed by atoms with Crippen molar-refractivity contribution in [2.45, 2.75) is 0 Å². The predicted octanol–water partition coefficient (Wildman–Crippen LogP) is 2.86. The lowest BCUT2D eigenvalue weighted by Gasteiger charge is -2.20. The van der Waals surface area contributed by atoms with Gasteiger partial charge in [-0.15, -0.1) is 0 Å². The van der Waals surface area contributed by atoms with Crippen molar-refractivity contribution in [1.82, 2.24) is 0 Å². The second-order valence-electron chi connectivity index (χ2n) is 7.02. The van der Waals surface area contributed by atoms with Gasteiger partial charge < -0.3 is 15.4 Å². The quantitative estimate of drug-likeness (QED) is 0.407. The Balaban J connectivity index is 1.56. The molecule has 0 bridgehead atoms. The minimum Gasteiger partial charge on any atom is -0.452 e. The highest BCUT2D eigenvalue weighted by atomic mass is 16.5. The average Bonchev–Trinajstić information content (AvgIpc) is 2.80. The van der Waals surface area contributed by atoms with Crippen LogP contribution in [-0.4, -0.2) is 37.1 Å². The number of likely N-dealkylation sites (N-methyl/N-ethyl adjacent to an activating group) is 1. The molecule has 0 heterocycles. The maximum absolute atomic E-state index is 12.9. The van der Waals surface area contributed by atoms with Crippen LogP contribution < -0.4 is 10.6 Å². The van der Waals surface area contributed by atoms with Crippen LogP contribution in [0.2, 0.25) is 0 Å². The molecular formula is C24H18N2O5. The lowest BCUT2D eigenvalue weighted by Crippen LogP contribution is -2.31. The number of ether oxygens (including phenoxy) is 1. The van der Waals surface area contributed by atoms with Gasteiger partial charge in [0, 0.05) is 29.4 Å². The lowest BCUT2D eigenvalue weighted by atomic mass is 9.82. The van der Waals surface area contributed by atoms with E-state index in [4.69, 9.17) is 10.5 Å². The summed E-state index contributed by atoms with van der Waals surface area (Å²) < 4.78 is 5.13. The van der Waals surface area contributed by atoms with E-state index in [0.29, 0.717) is 11.3 Å². The summed E-state index contributed by atoms with van der Waals surface area (Å²) in [7, 11) is 1.57. The van der Waals surface area contributed by atoms with Crippen molar-refractivity contribution in [3.63, 3.8) is 0 Å². The Hall–Kier alpha value is -4.26. The molecule has 0 unspecified atom stereocenters. The van der Waals surface area contributed by atoms with Crippen molar-refractivity contribution >= 4 is 34.8 Å². The number of nitrogens with two attached hydrogens (primary N) is 1.